The molecule has 1 atom stereocenters. The third kappa shape index (κ3) is 5.48. The molecule has 0 saturated carbocycles. The third-order valence-electron chi connectivity index (χ3n) is 7.19. The monoisotopic (exact) mass is 583 g/mol. The molecule has 1 aliphatic rings. The van der Waals surface area contributed by atoms with Crippen LogP contribution >= 0.6 is 11.3 Å². The largest absolute Gasteiger partial charge is 0.494 e. The van der Waals surface area contributed by atoms with Gasteiger partial charge in [-0.2, -0.15) is 4.31 Å². The Morgan fingerprint density at radius 2 is 1.73 bits per heavy atom. The molecule has 0 spiro atoms. The zero-order valence-electron chi connectivity index (χ0n) is 22.7. The molecule has 9 heteroatoms. The lowest BCUT2D eigenvalue weighted by molar-refractivity contribution is -0.120. The Kier molecular flexibility index (Phi) is 7.33. The third-order valence-corrected chi connectivity index (χ3v) is 10.1. The second kappa shape index (κ2) is 11.1. The Bertz CT molecular complexity index is 1830. The fraction of sp³-hybridized carbons (Fsp3) is 0.188. The highest BCUT2D eigenvalue weighted by Gasteiger charge is 2.39. The summed E-state index contributed by atoms with van der Waals surface area (Å²) in [4.78, 5) is 18.5. The second-order valence-electron chi connectivity index (χ2n) is 10.0. The number of fused-ring (bicyclic) bond motifs is 2. The maximum atomic E-state index is 13.8. The fourth-order valence-corrected chi connectivity index (χ4v) is 7.70. The van der Waals surface area contributed by atoms with Crippen molar-refractivity contribution in [2.24, 2.45) is 0 Å². The van der Waals surface area contributed by atoms with E-state index >= 15 is 0 Å². The Balaban J connectivity index is 1.26. The van der Waals surface area contributed by atoms with Crippen molar-refractivity contribution in [3.63, 3.8) is 0 Å². The molecule has 1 aliphatic heterocycles. The van der Waals surface area contributed by atoms with Gasteiger partial charge in [0.05, 0.1) is 21.7 Å². The summed E-state index contributed by atoms with van der Waals surface area (Å²) < 4.78 is 35.6. The molecule has 2 heterocycles. The molecule has 0 radical (unpaired) electrons. The number of hydrogen-bond donors (Lipinski definition) is 1. The Labute approximate surface area is 243 Å². The lowest BCUT2D eigenvalue weighted by atomic mass is 9.95. The Morgan fingerprint density at radius 1 is 1.00 bits per heavy atom. The number of benzene rings is 4. The first-order valence-corrected chi connectivity index (χ1v) is 15.7. The molecule has 41 heavy (non-hydrogen) atoms. The first-order valence-electron chi connectivity index (χ1n) is 13.4. The number of amides is 1. The van der Waals surface area contributed by atoms with Gasteiger partial charge in [-0.3, -0.25) is 4.79 Å². The Morgan fingerprint density at radius 3 is 2.46 bits per heavy atom. The van der Waals surface area contributed by atoms with E-state index in [1.54, 1.807) is 23.5 Å². The number of ether oxygens (including phenoxy) is 1. The van der Waals surface area contributed by atoms with Crippen LogP contribution in [0, 0.1) is 6.92 Å². The van der Waals surface area contributed by atoms with Crippen LogP contribution in [0.15, 0.2) is 95.9 Å². The standard InChI is InChI=1S/C32H29N3O4S2/c1-3-39-26-13-15-27(16-14-26)41(37,38)35-20-24-7-5-4-6-23(24)19-29(35)31(36)33-25-11-9-22(10-12-25)32-34-28-17-8-21(2)18-30(28)40-32/h4-18,29H,3,19-20H2,1-2H3,(H,33,36)/t29-/m1/s1. The molecule has 0 fully saturated rings. The van der Waals surface area contributed by atoms with Gasteiger partial charge in [0.2, 0.25) is 15.9 Å². The van der Waals surface area contributed by atoms with E-state index in [-0.39, 0.29) is 23.8 Å². The first-order chi connectivity index (χ1) is 19.8. The lowest BCUT2D eigenvalue weighted by Gasteiger charge is -2.35. The zero-order chi connectivity index (χ0) is 28.6. The average Bonchev–Trinajstić information content (AvgIpc) is 3.40. The molecule has 5 aromatic rings. The average molecular weight is 584 g/mol. The van der Waals surface area contributed by atoms with Crippen molar-refractivity contribution >= 4 is 43.2 Å². The highest BCUT2D eigenvalue weighted by Crippen LogP contribution is 2.33. The zero-order valence-corrected chi connectivity index (χ0v) is 24.3. The maximum Gasteiger partial charge on any atom is 0.244 e. The fourth-order valence-electron chi connectivity index (χ4n) is 5.06. The number of rotatable bonds is 7. The van der Waals surface area contributed by atoms with E-state index in [1.807, 2.05) is 67.6 Å². The number of aryl methyl sites for hydroxylation is 1. The minimum Gasteiger partial charge on any atom is -0.494 e. The SMILES string of the molecule is CCOc1ccc(S(=O)(=O)N2Cc3ccccc3C[C@@H]2C(=O)Nc2ccc(-c3nc4ccc(C)cc4s3)cc2)cc1. The molecule has 1 aromatic heterocycles. The van der Waals surface area contributed by atoms with Crippen molar-refractivity contribution in [1.29, 1.82) is 0 Å². The number of anilines is 1. The summed E-state index contributed by atoms with van der Waals surface area (Å²) >= 11 is 1.63. The minimum absolute atomic E-state index is 0.111. The summed E-state index contributed by atoms with van der Waals surface area (Å²) in [5, 5.41) is 3.86. The molecule has 7 nitrogen and oxygen atoms in total. The summed E-state index contributed by atoms with van der Waals surface area (Å²) in [6.07, 6.45) is 0.279. The van der Waals surface area contributed by atoms with Gasteiger partial charge in [-0.25, -0.2) is 13.4 Å². The van der Waals surface area contributed by atoms with Gasteiger partial charge < -0.3 is 10.1 Å². The number of thiazole rings is 1. The van der Waals surface area contributed by atoms with Crippen LogP contribution in [0.5, 0.6) is 5.75 Å². The van der Waals surface area contributed by atoms with E-state index in [0.717, 1.165) is 31.9 Å². The maximum absolute atomic E-state index is 13.8. The van der Waals surface area contributed by atoms with Gasteiger partial charge >= 0.3 is 0 Å². The van der Waals surface area contributed by atoms with Crippen molar-refractivity contribution < 1.29 is 17.9 Å². The van der Waals surface area contributed by atoms with Gasteiger partial charge in [-0.15, -0.1) is 11.3 Å². The molecule has 6 rings (SSSR count). The summed E-state index contributed by atoms with van der Waals surface area (Å²) in [5.41, 5.74) is 5.55. The molecular formula is C32H29N3O4S2. The van der Waals surface area contributed by atoms with Crippen LogP contribution in [-0.4, -0.2) is 36.3 Å². The van der Waals surface area contributed by atoms with Gasteiger partial charge in [-0.1, -0.05) is 30.3 Å². The normalized spacial score (nSPS) is 15.4. The summed E-state index contributed by atoms with van der Waals surface area (Å²) in [7, 11) is -3.97. The molecule has 208 valence electrons. The van der Waals surface area contributed by atoms with E-state index in [2.05, 4.69) is 18.3 Å². The number of sulfonamides is 1. The molecule has 1 N–H and O–H groups in total. The van der Waals surface area contributed by atoms with Crippen molar-refractivity contribution in [1.82, 2.24) is 9.29 Å². The number of carbonyl (C=O) groups excluding carboxylic acids is 1. The van der Waals surface area contributed by atoms with E-state index in [0.29, 0.717) is 18.0 Å². The van der Waals surface area contributed by atoms with Gasteiger partial charge in [0, 0.05) is 17.8 Å². The molecule has 0 bridgehead atoms. The number of aromatic nitrogens is 1. The van der Waals surface area contributed by atoms with Crippen LogP contribution < -0.4 is 10.1 Å². The number of carbonyl (C=O) groups is 1. The summed E-state index contributed by atoms with van der Waals surface area (Å²) in [6, 6.07) is 26.8. The van der Waals surface area contributed by atoms with Crippen molar-refractivity contribution in [3.05, 3.63) is 108 Å². The van der Waals surface area contributed by atoms with Crippen LogP contribution in [0.3, 0.4) is 0 Å². The molecule has 1 amide bonds. The molecule has 4 aromatic carbocycles. The van der Waals surface area contributed by atoms with Crippen LogP contribution in [0.4, 0.5) is 5.69 Å². The van der Waals surface area contributed by atoms with Gasteiger partial charge in [0.15, 0.2) is 0 Å². The second-order valence-corrected chi connectivity index (χ2v) is 12.9. The van der Waals surface area contributed by atoms with Crippen LogP contribution in [-0.2, 0) is 27.8 Å². The lowest BCUT2D eigenvalue weighted by Crippen LogP contribution is -2.50. The number of hydrogen-bond acceptors (Lipinski definition) is 6. The summed E-state index contributed by atoms with van der Waals surface area (Å²) in [5.74, 6) is 0.214. The van der Waals surface area contributed by atoms with Crippen molar-refractivity contribution in [2.75, 3.05) is 11.9 Å². The quantitative estimate of drug-likeness (QED) is 0.239. The van der Waals surface area contributed by atoms with E-state index in [4.69, 9.17) is 9.72 Å². The van der Waals surface area contributed by atoms with Gasteiger partial charge in [-0.05, 0) is 97.6 Å². The predicted molar refractivity (Wildman–Crippen MR) is 163 cm³/mol. The number of nitrogens with zero attached hydrogens (tertiary/aromatic N) is 2. The van der Waals surface area contributed by atoms with Crippen LogP contribution in [0.1, 0.15) is 23.6 Å². The first kappa shape index (κ1) is 27.1. The highest BCUT2D eigenvalue weighted by molar-refractivity contribution is 7.89. The topological polar surface area (TPSA) is 88.6 Å². The van der Waals surface area contributed by atoms with E-state index in [1.165, 1.54) is 22.0 Å². The smallest absolute Gasteiger partial charge is 0.244 e. The van der Waals surface area contributed by atoms with E-state index in [9.17, 15) is 13.2 Å². The van der Waals surface area contributed by atoms with Crippen molar-refractivity contribution in [3.8, 4) is 16.3 Å². The minimum atomic E-state index is -3.97. The molecular weight excluding hydrogens is 555 g/mol. The van der Waals surface area contributed by atoms with Crippen molar-refractivity contribution in [2.45, 2.75) is 37.8 Å². The van der Waals surface area contributed by atoms with Crippen LogP contribution in [0.25, 0.3) is 20.8 Å². The molecule has 0 aliphatic carbocycles. The molecule has 0 saturated heterocycles. The van der Waals surface area contributed by atoms with E-state index < -0.39 is 16.1 Å². The van der Waals surface area contributed by atoms with Gasteiger partial charge in [0.1, 0.15) is 16.8 Å². The number of nitrogens with one attached hydrogen (secondary N) is 1. The van der Waals surface area contributed by atoms with Gasteiger partial charge in [0.25, 0.3) is 0 Å². The highest BCUT2D eigenvalue weighted by atomic mass is 32.2. The predicted octanol–water partition coefficient (Wildman–Crippen LogP) is 6.42. The van der Waals surface area contributed by atoms with Crippen LogP contribution in [0.2, 0.25) is 0 Å². The summed E-state index contributed by atoms with van der Waals surface area (Å²) in [6.45, 7) is 4.53. The molecule has 0 unspecified atom stereocenters. The Hall–Kier alpha value is -4.05.